The number of nitrogens with zero attached hydrogens (tertiary/aromatic N) is 2. The molecule has 1 aromatic rings. The third-order valence-electron chi connectivity index (χ3n) is 3.56. The van der Waals surface area contributed by atoms with Crippen molar-refractivity contribution in [1.82, 2.24) is 14.9 Å². The minimum absolute atomic E-state index is 0.0866. The third-order valence-corrected chi connectivity index (χ3v) is 3.56. The molecule has 0 aromatic carbocycles. The van der Waals surface area contributed by atoms with Gasteiger partial charge in [0, 0.05) is 19.0 Å². The highest BCUT2D eigenvalue weighted by molar-refractivity contribution is 5.94. The number of rotatable bonds is 2. The van der Waals surface area contributed by atoms with Gasteiger partial charge in [0.2, 0.25) is 0 Å². The number of piperidine rings is 1. The molecule has 1 saturated heterocycles. The molecule has 6 nitrogen and oxygen atoms in total. The molecule has 1 aromatic heterocycles. The van der Waals surface area contributed by atoms with E-state index < -0.39 is 11.7 Å². The lowest BCUT2D eigenvalue weighted by atomic mass is 10.1. The van der Waals surface area contributed by atoms with E-state index in [0.717, 1.165) is 6.42 Å². The number of nitrogens with one attached hydrogen (secondary N) is 1. The van der Waals surface area contributed by atoms with Crippen molar-refractivity contribution in [1.29, 1.82) is 0 Å². The molecule has 1 fully saturated rings. The van der Waals surface area contributed by atoms with Gasteiger partial charge in [-0.2, -0.15) is 0 Å². The number of aliphatic hydroxyl groups is 1. The van der Waals surface area contributed by atoms with Gasteiger partial charge in [-0.25, -0.2) is 4.98 Å². The third kappa shape index (κ3) is 2.90. The number of carbonyl (C=O) groups excluding carboxylic acids is 1. The summed E-state index contributed by atoms with van der Waals surface area (Å²) < 4.78 is 0. The Bertz CT molecular complexity index is 565. The van der Waals surface area contributed by atoms with Crippen LogP contribution in [0.1, 0.15) is 54.5 Å². The summed E-state index contributed by atoms with van der Waals surface area (Å²) in [6.45, 7) is 6.39. The minimum Gasteiger partial charge on any atom is -0.391 e. The average Bonchev–Trinajstić information content (AvgIpc) is 2.37. The second-order valence-electron chi connectivity index (χ2n) is 5.61. The van der Waals surface area contributed by atoms with Gasteiger partial charge >= 0.3 is 0 Å². The summed E-state index contributed by atoms with van der Waals surface area (Å²) in [6, 6.07) is 0. The Morgan fingerprint density at radius 2 is 2.20 bits per heavy atom. The van der Waals surface area contributed by atoms with Crippen LogP contribution >= 0.6 is 0 Å². The Kier molecular flexibility index (Phi) is 4.23. The molecule has 0 aliphatic carbocycles. The second kappa shape index (κ2) is 5.75. The normalized spacial score (nSPS) is 19.4. The summed E-state index contributed by atoms with van der Waals surface area (Å²) in [5, 5.41) is 9.64. The van der Waals surface area contributed by atoms with Crippen LogP contribution in [0.5, 0.6) is 0 Å². The number of aryl methyl sites for hydroxylation is 1. The highest BCUT2D eigenvalue weighted by Crippen LogP contribution is 2.14. The predicted octanol–water partition coefficient (Wildman–Crippen LogP) is 0.799. The summed E-state index contributed by atoms with van der Waals surface area (Å²) in [5.74, 6) is 0.343. The van der Waals surface area contributed by atoms with E-state index in [-0.39, 0.29) is 23.9 Å². The van der Waals surface area contributed by atoms with Gasteiger partial charge in [0.25, 0.3) is 11.5 Å². The highest BCUT2D eigenvalue weighted by atomic mass is 16.3. The van der Waals surface area contributed by atoms with Gasteiger partial charge in [-0.15, -0.1) is 0 Å². The number of hydrogen-bond acceptors (Lipinski definition) is 4. The monoisotopic (exact) mass is 279 g/mol. The van der Waals surface area contributed by atoms with E-state index >= 15 is 0 Å². The van der Waals surface area contributed by atoms with Gasteiger partial charge in [0.15, 0.2) is 0 Å². The highest BCUT2D eigenvalue weighted by Gasteiger charge is 2.26. The fraction of sp³-hybridized carbons (Fsp3) is 0.643. The lowest BCUT2D eigenvalue weighted by Crippen LogP contribution is -2.44. The topological polar surface area (TPSA) is 86.3 Å². The van der Waals surface area contributed by atoms with Crippen LogP contribution in [0.25, 0.3) is 0 Å². The van der Waals surface area contributed by atoms with Crippen molar-refractivity contribution < 1.29 is 9.90 Å². The van der Waals surface area contributed by atoms with Gasteiger partial charge in [0.1, 0.15) is 11.4 Å². The fourth-order valence-electron chi connectivity index (χ4n) is 2.43. The van der Waals surface area contributed by atoms with Crippen molar-refractivity contribution in [2.45, 2.75) is 45.6 Å². The average molecular weight is 279 g/mol. The standard InChI is InChI=1S/C14H21N3O3/c1-8(2)12-15-9(3)11(13(19)16-12)14(20)17-6-4-5-10(18)7-17/h8,10,18H,4-7H2,1-3H3,(H,15,16,19). The number of H-pyrrole nitrogens is 1. The van der Waals surface area contributed by atoms with Gasteiger partial charge in [0.05, 0.1) is 11.8 Å². The van der Waals surface area contributed by atoms with E-state index in [1.807, 2.05) is 13.8 Å². The van der Waals surface area contributed by atoms with Gasteiger partial charge in [-0.1, -0.05) is 13.8 Å². The Balaban J connectivity index is 2.33. The maximum absolute atomic E-state index is 12.4. The molecule has 6 heteroatoms. The first kappa shape index (κ1) is 14.7. The molecule has 110 valence electrons. The fourth-order valence-corrected chi connectivity index (χ4v) is 2.43. The maximum Gasteiger partial charge on any atom is 0.264 e. The van der Waals surface area contributed by atoms with Crippen LogP contribution < -0.4 is 5.56 Å². The first-order valence-corrected chi connectivity index (χ1v) is 6.98. The van der Waals surface area contributed by atoms with Crippen LogP contribution in [-0.2, 0) is 0 Å². The molecule has 20 heavy (non-hydrogen) atoms. The zero-order valence-corrected chi connectivity index (χ0v) is 12.1. The van der Waals surface area contributed by atoms with E-state index in [9.17, 15) is 14.7 Å². The second-order valence-corrected chi connectivity index (χ2v) is 5.61. The quantitative estimate of drug-likeness (QED) is 0.838. The smallest absolute Gasteiger partial charge is 0.264 e. The van der Waals surface area contributed by atoms with Crippen molar-refractivity contribution in [3.05, 3.63) is 27.4 Å². The Hall–Kier alpha value is -1.69. The molecule has 2 rings (SSSR count). The number of amides is 1. The van der Waals surface area contributed by atoms with Crippen molar-refractivity contribution in [3.63, 3.8) is 0 Å². The molecular weight excluding hydrogens is 258 g/mol. The molecule has 1 aliphatic rings. The molecular formula is C14H21N3O3. The zero-order valence-electron chi connectivity index (χ0n) is 12.1. The largest absolute Gasteiger partial charge is 0.391 e. The first-order chi connectivity index (χ1) is 9.40. The van der Waals surface area contributed by atoms with Crippen LogP contribution in [0.4, 0.5) is 0 Å². The van der Waals surface area contributed by atoms with Gasteiger partial charge in [-0.05, 0) is 19.8 Å². The number of hydrogen-bond donors (Lipinski definition) is 2. The van der Waals surface area contributed by atoms with E-state index in [4.69, 9.17) is 0 Å². The number of aromatic amines is 1. The van der Waals surface area contributed by atoms with Crippen LogP contribution in [0.15, 0.2) is 4.79 Å². The molecule has 0 saturated carbocycles. The van der Waals surface area contributed by atoms with Gasteiger partial charge < -0.3 is 15.0 Å². The molecule has 1 amide bonds. The molecule has 0 radical (unpaired) electrons. The molecule has 0 bridgehead atoms. The van der Waals surface area contributed by atoms with Crippen LogP contribution in [0.2, 0.25) is 0 Å². The molecule has 2 N–H and O–H groups in total. The number of carbonyl (C=O) groups is 1. The summed E-state index contributed by atoms with van der Waals surface area (Å²) in [4.78, 5) is 33.1. The first-order valence-electron chi connectivity index (χ1n) is 6.98. The SMILES string of the molecule is Cc1nc(C(C)C)[nH]c(=O)c1C(=O)N1CCCC(O)C1. The number of aromatic nitrogens is 2. The Labute approximate surface area is 117 Å². The van der Waals surface area contributed by atoms with Crippen molar-refractivity contribution in [3.8, 4) is 0 Å². The molecule has 0 spiro atoms. The summed E-state index contributed by atoms with van der Waals surface area (Å²) in [5.41, 5.74) is 0.136. The Morgan fingerprint density at radius 1 is 1.50 bits per heavy atom. The van der Waals surface area contributed by atoms with E-state index in [1.54, 1.807) is 6.92 Å². The van der Waals surface area contributed by atoms with E-state index in [1.165, 1.54) is 4.90 Å². The predicted molar refractivity (Wildman–Crippen MR) is 74.8 cm³/mol. The molecule has 1 unspecified atom stereocenters. The van der Waals surface area contributed by atoms with Crippen LogP contribution in [0, 0.1) is 6.92 Å². The number of β-amino-alcohol motifs (C(OH)–C–C–N with tert-alkyl or cyclic N) is 1. The molecule has 1 atom stereocenters. The molecule has 1 aliphatic heterocycles. The maximum atomic E-state index is 12.4. The van der Waals surface area contributed by atoms with Crippen LogP contribution in [0.3, 0.4) is 0 Å². The zero-order chi connectivity index (χ0) is 14.9. The van der Waals surface area contributed by atoms with E-state index in [2.05, 4.69) is 9.97 Å². The van der Waals surface area contributed by atoms with Crippen LogP contribution in [-0.4, -0.2) is 45.1 Å². The minimum atomic E-state index is -0.505. The Morgan fingerprint density at radius 3 is 2.75 bits per heavy atom. The lowest BCUT2D eigenvalue weighted by Gasteiger charge is -2.30. The summed E-state index contributed by atoms with van der Waals surface area (Å²) in [7, 11) is 0. The molecule has 2 heterocycles. The van der Waals surface area contributed by atoms with E-state index in [0.29, 0.717) is 24.5 Å². The van der Waals surface area contributed by atoms with Crippen molar-refractivity contribution >= 4 is 5.91 Å². The van der Waals surface area contributed by atoms with Gasteiger partial charge in [-0.3, -0.25) is 9.59 Å². The number of likely N-dealkylation sites (tertiary alicyclic amines) is 1. The van der Waals surface area contributed by atoms with Crippen molar-refractivity contribution in [2.24, 2.45) is 0 Å². The lowest BCUT2D eigenvalue weighted by molar-refractivity contribution is 0.0471. The number of aliphatic hydroxyl groups excluding tert-OH is 1. The summed E-state index contributed by atoms with van der Waals surface area (Å²) in [6.07, 6.45) is 0.945. The summed E-state index contributed by atoms with van der Waals surface area (Å²) >= 11 is 0. The van der Waals surface area contributed by atoms with Crippen molar-refractivity contribution in [2.75, 3.05) is 13.1 Å².